The van der Waals surface area contributed by atoms with E-state index in [1.807, 2.05) is 71.6 Å². The Kier molecular flexibility index (Phi) is 5.58. The third-order valence-electron chi connectivity index (χ3n) is 6.28. The summed E-state index contributed by atoms with van der Waals surface area (Å²) in [4.78, 5) is 13.7. The van der Waals surface area contributed by atoms with Gasteiger partial charge in [-0.05, 0) is 41.7 Å². The number of anilines is 1. The normalized spacial score (nSPS) is 15.4. The van der Waals surface area contributed by atoms with E-state index in [4.69, 9.17) is 0 Å². The standard InChI is InChI=1S/C26H26FNO2/c1-19(25(29)30)26(14-15-26)22-12-13-23(27)24(16-22)28(17-20-8-4-2-5-9-20)18-21-10-6-3-7-11-21/h2-13,16,19H,14-15,17-18H2,1H3,(H,29,30). The zero-order valence-electron chi connectivity index (χ0n) is 17.1. The summed E-state index contributed by atoms with van der Waals surface area (Å²) in [6, 6.07) is 25.1. The molecule has 1 fully saturated rings. The molecule has 0 amide bonds. The van der Waals surface area contributed by atoms with Crippen molar-refractivity contribution in [3.8, 4) is 0 Å². The van der Waals surface area contributed by atoms with Gasteiger partial charge in [0.15, 0.2) is 0 Å². The average molecular weight is 403 g/mol. The van der Waals surface area contributed by atoms with E-state index in [1.165, 1.54) is 6.07 Å². The van der Waals surface area contributed by atoms with Crippen LogP contribution in [0.3, 0.4) is 0 Å². The summed E-state index contributed by atoms with van der Waals surface area (Å²) in [5, 5.41) is 9.56. The number of halogens is 1. The monoisotopic (exact) mass is 403 g/mol. The van der Waals surface area contributed by atoms with Gasteiger partial charge in [0, 0.05) is 18.5 Å². The number of hydrogen-bond acceptors (Lipinski definition) is 2. The first-order valence-electron chi connectivity index (χ1n) is 10.4. The molecule has 0 saturated heterocycles. The average Bonchev–Trinajstić information content (AvgIpc) is 3.56. The molecule has 3 aromatic carbocycles. The summed E-state index contributed by atoms with van der Waals surface area (Å²) in [6.07, 6.45) is 1.64. The molecule has 0 spiro atoms. The Morgan fingerprint density at radius 1 is 0.967 bits per heavy atom. The van der Waals surface area contributed by atoms with Crippen LogP contribution in [0.1, 0.15) is 36.5 Å². The van der Waals surface area contributed by atoms with Gasteiger partial charge in [0.1, 0.15) is 5.82 Å². The van der Waals surface area contributed by atoms with E-state index in [1.54, 1.807) is 13.0 Å². The lowest BCUT2D eigenvalue weighted by Gasteiger charge is -2.28. The van der Waals surface area contributed by atoms with E-state index in [0.717, 1.165) is 29.5 Å². The predicted octanol–water partition coefficient (Wildman–Crippen LogP) is 5.78. The van der Waals surface area contributed by atoms with Crippen molar-refractivity contribution in [3.63, 3.8) is 0 Å². The van der Waals surface area contributed by atoms with Crippen molar-refractivity contribution in [1.82, 2.24) is 0 Å². The Balaban J connectivity index is 1.71. The van der Waals surface area contributed by atoms with Crippen molar-refractivity contribution in [2.24, 2.45) is 5.92 Å². The number of carbonyl (C=O) groups is 1. The van der Waals surface area contributed by atoms with E-state index in [2.05, 4.69) is 0 Å². The second kappa shape index (κ2) is 8.31. The Morgan fingerprint density at radius 3 is 1.97 bits per heavy atom. The summed E-state index contributed by atoms with van der Waals surface area (Å²) in [7, 11) is 0. The molecule has 154 valence electrons. The molecule has 0 radical (unpaired) electrons. The maximum Gasteiger partial charge on any atom is 0.307 e. The van der Waals surface area contributed by atoms with Gasteiger partial charge in [-0.3, -0.25) is 4.79 Å². The van der Waals surface area contributed by atoms with Crippen molar-refractivity contribution in [2.75, 3.05) is 4.90 Å². The van der Waals surface area contributed by atoms with Gasteiger partial charge in [-0.2, -0.15) is 0 Å². The highest BCUT2D eigenvalue weighted by Gasteiger charge is 2.51. The molecule has 0 heterocycles. The summed E-state index contributed by atoms with van der Waals surface area (Å²) in [5.74, 6) is -1.58. The minimum absolute atomic E-state index is 0.288. The molecule has 1 atom stereocenters. The second-order valence-electron chi connectivity index (χ2n) is 8.21. The Morgan fingerprint density at radius 2 is 1.50 bits per heavy atom. The number of carboxylic acids is 1. The van der Waals surface area contributed by atoms with Crippen molar-refractivity contribution in [2.45, 2.75) is 38.3 Å². The van der Waals surface area contributed by atoms with Crippen LogP contribution in [0.4, 0.5) is 10.1 Å². The van der Waals surface area contributed by atoms with Crippen molar-refractivity contribution < 1.29 is 14.3 Å². The third-order valence-corrected chi connectivity index (χ3v) is 6.28. The van der Waals surface area contributed by atoms with Crippen molar-refractivity contribution in [3.05, 3.63) is 101 Å². The number of aliphatic carboxylic acids is 1. The molecule has 1 aliphatic rings. The van der Waals surface area contributed by atoms with Crippen LogP contribution in [0, 0.1) is 11.7 Å². The van der Waals surface area contributed by atoms with Gasteiger partial charge in [0.05, 0.1) is 11.6 Å². The quantitative estimate of drug-likeness (QED) is 0.518. The molecule has 3 aromatic rings. The maximum absolute atomic E-state index is 15.0. The molecule has 30 heavy (non-hydrogen) atoms. The molecule has 3 nitrogen and oxygen atoms in total. The molecule has 1 aliphatic carbocycles. The maximum atomic E-state index is 15.0. The van der Waals surface area contributed by atoms with Gasteiger partial charge >= 0.3 is 5.97 Å². The predicted molar refractivity (Wildman–Crippen MR) is 117 cm³/mol. The molecular formula is C26H26FNO2. The van der Waals surface area contributed by atoms with Crippen LogP contribution >= 0.6 is 0 Å². The summed E-state index contributed by atoms with van der Waals surface area (Å²) < 4.78 is 15.0. The van der Waals surface area contributed by atoms with Crippen LogP contribution in [0.2, 0.25) is 0 Å². The second-order valence-corrected chi connectivity index (χ2v) is 8.21. The lowest BCUT2D eigenvalue weighted by atomic mass is 9.83. The number of benzene rings is 3. The Hall–Kier alpha value is -3.14. The van der Waals surface area contributed by atoms with Crippen molar-refractivity contribution >= 4 is 11.7 Å². The number of hydrogen-bond donors (Lipinski definition) is 1. The van der Waals surface area contributed by atoms with Crippen molar-refractivity contribution in [1.29, 1.82) is 0 Å². The lowest BCUT2D eigenvalue weighted by molar-refractivity contribution is -0.142. The van der Waals surface area contributed by atoms with E-state index in [-0.39, 0.29) is 11.2 Å². The van der Waals surface area contributed by atoms with Crippen LogP contribution in [0.5, 0.6) is 0 Å². The first-order valence-corrected chi connectivity index (χ1v) is 10.4. The van der Waals surface area contributed by atoms with E-state index >= 15 is 4.39 Å². The van der Waals surface area contributed by atoms with E-state index in [9.17, 15) is 9.90 Å². The smallest absolute Gasteiger partial charge is 0.307 e. The van der Waals surface area contributed by atoms with Gasteiger partial charge in [0.25, 0.3) is 0 Å². The fourth-order valence-corrected chi connectivity index (χ4v) is 4.24. The fourth-order valence-electron chi connectivity index (χ4n) is 4.24. The van der Waals surface area contributed by atoms with Gasteiger partial charge < -0.3 is 10.0 Å². The number of nitrogens with zero attached hydrogens (tertiary/aromatic N) is 1. The highest BCUT2D eigenvalue weighted by atomic mass is 19.1. The third kappa shape index (κ3) is 4.09. The molecule has 0 bridgehead atoms. The Labute approximate surface area is 176 Å². The van der Waals surface area contributed by atoms with Crippen LogP contribution < -0.4 is 4.90 Å². The van der Waals surface area contributed by atoms with Crippen LogP contribution in [-0.4, -0.2) is 11.1 Å². The number of carboxylic acid groups (broad SMARTS) is 1. The molecular weight excluding hydrogens is 377 g/mol. The van der Waals surface area contributed by atoms with Gasteiger partial charge in [0.2, 0.25) is 0 Å². The zero-order chi connectivity index (χ0) is 21.1. The van der Waals surface area contributed by atoms with Gasteiger partial charge in [-0.25, -0.2) is 4.39 Å². The van der Waals surface area contributed by atoms with Crippen LogP contribution in [-0.2, 0) is 23.3 Å². The minimum Gasteiger partial charge on any atom is -0.481 e. The van der Waals surface area contributed by atoms with Crippen LogP contribution in [0.25, 0.3) is 0 Å². The largest absolute Gasteiger partial charge is 0.481 e. The molecule has 4 rings (SSSR count). The summed E-state index contributed by atoms with van der Waals surface area (Å²) in [6.45, 7) is 2.89. The molecule has 0 aliphatic heterocycles. The Bertz CT molecular complexity index is 974. The molecule has 1 N–H and O–H groups in total. The highest BCUT2D eigenvalue weighted by molar-refractivity contribution is 5.73. The molecule has 1 unspecified atom stereocenters. The zero-order valence-corrected chi connectivity index (χ0v) is 17.1. The lowest BCUT2D eigenvalue weighted by Crippen LogP contribution is -2.27. The molecule has 1 saturated carbocycles. The summed E-state index contributed by atoms with van der Waals surface area (Å²) in [5.41, 5.74) is 3.24. The number of rotatable bonds is 8. The molecule has 4 heteroatoms. The van der Waals surface area contributed by atoms with Gasteiger partial charge in [-0.15, -0.1) is 0 Å². The fraction of sp³-hybridized carbons (Fsp3) is 0.269. The minimum atomic E-state index is -0.802. The SMILES string of the molecule is CC(C(=O)O)C1(c2ccc(F)c(N(Cc3ccccc3)Cc3ccccc3)c2)CC1. The highest BCUT2D eigenvalue weighted by Crippen LogP contribution is 2.54. The topological polar surface area (TPSA) is 40.5 Å². The van der Waals surface area contributed by atoms with E-state index < -0.39 is 11.9 Å². The first kappa shape index (κ1) is 20.1. The van der Waals surface area contributed by atoms with E-state index in [0.29, 0.717) is 18.8 Å². The summed E-state index contributed by atoms with van der Waals surface area (Å²) >= 11 is 0. The van der Waals surface area contributed by atoms with Crippen LogP contribution in [0.15, 0.2) is 78.9 Å². The van der Waals surface area contributed by atoms with Gasteiger partial charge in [-0.1, -0.05) is 73.7 Å². The first-order chi connectivity index (χ1) is 14.5. The molecule has 0 aromatic heterocycles.